The summed E-state index contributed by atoms with van der Waals surface area (Å²) in [4.78, 5) is 12.0. The van der Waals surface area contributed by atoms with Gasteiger partial charge in [0.15, 0.2) is 5.78 Å². The van der Waals surface area contributed by atoms with Crippen molar-refractivity contribution in [3.05, 3.63) is 35.4 Å². The molecule has 0 amide bonds. The van der Waals surface area contributed by atoms with Crippen molar-refractivity contribution in [1.82, 2.24) is 0 Å². The molecule has 0 saturated heterocycles. The third-order valence-corrected chi connectivity index (χ3v) is 3.06. The zero-order valence-corrected chi connectivity index (χ0v) is 10.1. The highest BCUT2D eigenvalue weighted by Crippen LogP contribution is 2.17. The van der Waals surface area contributed by atoms with E-state index in [-0.39, 0.29) is 11.7 Å². The number of Topliss-reactive ketones (excluding diaryl/α,β-unsaturated/α-hetero) is 1. The van der Waals surface area contributed by atoms with Crippen molar-refractivity contribution in [1.29, 1.82) is 0 Å². The quantitative estimate of drug-likeness (QED) is 0.683. The summed E-state index contributed by atoms with van der Waals surface area (Å²) in [5.41, 5.74) is 2.12. The molecule has 1 nitrogen and oxygen atoms in total. The number of ketones is 1. The van der Waals surface area contributed by atoms with Crippen molar-refractivity contribution < 1.29 is 4.79 Å². The molecule has 0 aliphatic rings. The first-order valence-corrected chi connectivity index (χ1v) is 5.69. The highest BCUT2D eigenvalue weighted by molar-refractivity contribution is 5.97. The fraction of sp³-hybridized carbons (Fsp3) is 0.500. The first-order valence-electron chi connectivity index (χ1n) is 5.69. The zero-order chi connectivity index (χ0) is 11.4. The van der Waals surface area contributed by atoms with Crippen LogP contribution < -0.4 is 0 Å². The van der Waals surface area contributed by atoms with Gasteiger partial charge in [-0.1, -0.05) is 52.0 Å². The van der Waals surface area contributed by atoms with Crippen LogP contribution in [-0.4, -0.2) is 5.78 Å². The predicted octanol–water partition coefficient (Wildman–Crippen LogP) is 3.72. The Hall–Kier alpha value is -1.11. The maximum absolute atomic E-state index is 12.0. The first kappa shape index (κ1) is 12.0. The maximum Gasteiger partial charge on any atom is 0.165 e. The molecule has 1 aromatic rings. The van der Waals surface area contributed by atoms with Gasteiger partial charge in [0.25, 0.3) is 0 Å². The number of hydrogen-bond acceptors (Lipinski definition) is 1. The van der Waals surface area contributed by atoms with Gasteiger partial charge in [-0.3, -0.25) is 4.79 Å². The monoisotopic (exact) mass is 204 g/mol. The Balaban J connectivity index is 2.83. The number of benzene rings is 1. The minimum atomic E-state index is 0.109. The number of carbonyl (C=O) groups is 1. The zero-order valence-electron chi connectivity index (χ0n) is 10.1. The van der Waals surface area contributed by atoms with E-state index < -0.39 is 0 Å². The average molecular weight is 204 g/mol. The second kappa shape index (κ2) is 5.11. The highest BCUT2D eigenvalue weighted by Gasteiger charge is 2.17. The van der Waals surface area contributed by atoms with E-state index in [1.807, 2.05) is 31.2 Å². The Labute approximate surface area is 92.5 Å². The predicted molar refractivity (Wildman–Crippen MR) is 64.2 cm³/mol. The molecule has 0 heterocycles. The van der Waals surface area contributed by atoms with Crippen LogP contribution in [0, 0.1) is 11.8 Å². The number of hydrogen-bond donors (Lipinski definition) is 0. The van der Waals surface area contributed by atoms with E-state index in [0.717, 1.165) is 12.0 Å². The summed E-state index contributed by atoms with van der Waals surface area (Å²) in [7, 11) is 0. The second-order valence-corrected chi connectivity index (χ2v) is 4.45. The van der Waals surface area contributed by atoms with Gasteiger partial charge in [0, 0.05) is 11.5 Å². The molecule has 0 saturated carbocycles. The number of rotatable bonds is 4. The molecule has 1 aromatic carbocycles. The maximum atomic E-state index is 12.0. The van der Waals surface area contributed by atoms with Crippen molar-refractivity contribution in [2.45, 2.75) is 34.1 Å². The summed E-state index contributed by atoms with van der Waals surface area (Å²) in [5, 5.41) is 0. The van der Waals surface area contributed by atoms with Crippen molar-refractivity contribution in [2.24, 2.45) is 11.8 Å². The molecule has 1 heteroatoms. The van der Waals surface area contributed by atoms with E-state index in [4.69, 9.17) is 0 Å². The van der Waals surface area contributed by atoms with Crippen LogP contribution >= 0.6 is 0 Å². The summed E-state index contributed by atoms with van der Waals surface area (Å²) in [6.07, 6.45) is 1.02. The van der Waals surface area contributed by atoms with Gasteiger partial charge in [-0.05, 0) is 17.9 Å². The molecule has 82 valence electrons. The Bertz CT molecular complexity index is 322. The molecule has 15 heavy (non-hydrogen) atoms. The molecule has 0 radical (unpaired) electrons. The van der Waals surface area contributed by atoms with E-state index in [0.29, 0.717) is 5.92 Å². The van der Waals surface area contributed by atoms with Crippen LogP contribution in [0.4, 0.5) is 0 Å². The Morgan fingerprint density at radius 2 is 1.67 bits per heavy atom. The van der Waals surface area contributed by atoms with Crippen LogP contribution in [0.3, 0.4) is 0 Å². The van der Waals surface area contributed by atoms with Gasteiger partial charge < -0.3 is 0 Å². The lowest BCUT2D eigenvalue weighted by Crippen LogP contribution is -2.16. The fourth-order valence-corrected chi connectivity index (χ4v) is 1.47. The summed E-state index contributed by atoms with van der Waals surface area (Å²) in [6.45, 7) is 8.29. The van der Waals surface area contributed by atoms with Crippen molar-refractivity contribution in [3.63, 3.8) is 0 Å². The van der Waals surface area contributed by atoms with Gasteiger partial charge in [0.1, 0.15) is 0 Å². The minimum Gasteiger partial charge on any atom is -0.294 e. The first-order chi connectivity index (χ1) is 7.06. The highest BCUT2D eigenvalue weighted by atomic mass is 16.1. The van der Waals surface area contributed by atoms with E-state index in [9.17, 15) is 4.79 Å². The molecule has 0 fully saturated rings. The third kappa shape index (κ3) is 2.92. The van der Waals surface area contributed by atoms with Crippen molar-refractivity contribution in [3.8, 4) is 0 Å². The summed E-state index contributed by atoms with van der Waals surface area (Å²) < 4.78 is 0. The molecule has 0 N–H and O–H groups in total. The number of carbonyl (C=O) groups excluding carboxylic acids is 1. The van der Waals surface area contributed by atoms with Crippen LogP contribution in [0.2, 0.25) is 0 Å². The third-order valence-electron chi connectivity index (χ3n) is 3.06. The van der Waals surface area contributed by atoms with Crippen LogP contribution in [0.5, 0.6) is 0 Å². The largest absolute Gasteiger partial charge is 0.294 e. The minimum absolute atomic E-state index is 0.109. The van der Waals surface area contributed by atoms with Crippen LogP contribution in [-0.2, 0) is 6.42 Å². The number of aryl methyl sites for hydroxylation is 1. The van der Waals surface area contributed by atoms with E-state index in [2.05, 4.69) is 20.8 Å². The lowest BCUT2D eigenvalue weighted by Gasteiger charge is -2.14. The van der Waals surface area contributed by atoms with E-state index in [1.54, 1.807) is 0 Å². The molecule has 1 atom stereocenters. The summed E-state index contributed by atoms with van der Waals surface area (Å²) in [6, 6.07) is 7.97. The lowest BCUT2D eigenvalue weighted by atomic mass is 9.89. The van der Waals surface area contributed by atoms with Gasteiger partial charge in [0.05, 0.1) is 0 Å². The molecule has 1 unspecified atom stereocenters. The van der Waals surface area contributed by atoms with Gasteiger partial charge in [0.2, 0.25) is 0 Å². The van der Waals surface area contributed by atoms with Crippen molar-refractivity contribution >= 4 is 5.78 Å². The Morgan fingerprint density at radius 1 is 1.13 bits per heavy atom. The summed E-state index contributed by atoms with van der Waals surface area (Å²) >= 11 is 0. The van der Waals surface area contributed by atoms with Gasteiger partial charge in [-0.25, -0.2) is 0 Å². The average Bonchev–Trinajstić information content (AvgIpc) is 2.27. The molecule has 0 spiro atoms. The molecule has 0 aromatic heterocycles. The van der Waals surface area contributed by atoms with Gasteiger partial charge in [-0.15, -0.1) is 0 Å². The molecule has 1 rings (SSSR count). The van der Waals surface area contributed by atoms with Crippen LogP contribution in [0.1, 0.15) is 43.6 Å². The summed E-state index contributed by atoms with van der Waals surface area (Å²) in [5.74, 6) is 0.772. The van der Waals surface area contributed by atoms with Gasteiger partial charge >= 0.3 is 0 Å². The SMILES string of the molecule is CCc1ccc(C(=O)C(C)C(C)C)cc1. The molecule has 0 aliphatic heterocycles. The normalized spacial score (nSPS) is 12.9. The Morgan fingerprint density at radius 3 is 2.07 bits per heavy atom. The van der Waals surface area contributed by atoms with Gasteiger partial charge in [-0.2, -0.15) is 0 Å². The Kier molecular flexibility index (Phi) is 4.07. The van der Waals surface area contributed by atoms with E-state index >= 15 is 0 Å². The fourth-order valence-electron chi connectivity index (χ4n) is 1.47. The standard InChI is InChI=1S/C14H20O/c1-5-12-6-8-13(9-7-12)14(15)11(4)10(2)3/h6-11H,5H2,1-4H3. The molecular weight excluding hydrogens is 184 g/mol. The van der Waals surface area contributed by atoms with Crippen molar-refractivity contribution in [2.75, 3.05) is 0 Å². The molecular formula is C14H20O. The van der Waals surface area contributed by atoms with Crippen LogP contribution in [0.15, 0.2) is 24.3 Å². The lowest BCUT2D eigenvalue weighted by molar-refractivity contribution is 0.0900. The van der Waals surface area contributed by atoms with Crippen LogP contribution in [0.25, 0.3) is 0 Å². The smallest absolute Gasteiger partial charge is 0.165 e. The topological polar surface area (TPSA) is 17.1 Å². The van der Waals surface area contributed by atoms with E-state index in [1.165, 1.54) is 5.56 Å². The molecule has 0 aliphatic carbocycles. The second-order valence-electron chi connectivity index (χ2n) is 4.45. The molecule has 0 bridgehead atoms.